The van der Waals surface area contributed by atoms with Crippen LogP contribution in [0.2, 0.25) is 0 Å². The zero-order valence-corrected chi connectivity index (χ0v) is 12.7. The molecule has 0 amide bonds. The molecule has 5 heteroatoms. The number of hydrogen-bond donors (Lipinski definition) is 2. The Bertz CT molecular complexity index is 517. The third-order valence-electron chi connectivity index (χ3n) is 2.58. The Morgan fingerprint density at radius 1 is 1.10 bits per heavy atom. The molecule has 0 fully saturated rings. The number of nitrogens with zero attached hydrogens (tertiary/aromatic N) is 1. The number of benzene rings is 1. The molecule has 20 heavy (non-hydrogen) atoms. The topological polar surface area (TPSA) is 37.0 Å². The summed E-state index contributed by atoms with van der Waals surface area (Å²) in [6.07, 6.45) is 3.47. The minimum Gasteiger partial charge on any atom is -0.362 e. The molecule has 0 saturated heterocycles. The van der Waals surface area contributed by atoms with Crippen molar-refractivity contribution in [1.82, 2.24) is 10.3 Å². The molecule has 2 rings (SSSR count). The number of nitrogens with one attached hydrogen (secondary N) is 2. The summed E-state index contributed by atoms with van der Waals surface area (Å²) < 4.78 is 0. The Hall–Kier alpha value is -1.59. The third-order valence-corrected chi connectivity index (χ3v) is 3.86. The SMILES string of the molecule is S=C(NCCSCc1ccccc1)Nc1ccncc1. The van der Waals surface area contributed by atoms with Crippen LogP contribution in [0.3, 0.4) is 0 Å². The number of aromatic nitrogens is 1. The first-order chi connectivity index (χ1) is 9.84. The van der Waals surface area contributed by atoms with Crippen molar-refractivity contribution in [3.63, 3.8) is 0 Å². The van der Waals surface area contributed by atoms with Crippen molar-refractivity contribution in [2.24, 2.45) is 0 Å². The summed E-state index contributed by atoms with van der Waals surface area (Å²) in [5, 5.41) is 6.97. The molecule has 0 saturated carbocycles. The highest BCUT2D eigenvalue weighted by Crippen LogP contribution is 2.10. The fourth-order valence-electron chi connectivity index (χ4n) is 1.61. The lowest BCUT2D eigenvalue weighted by Crippen LogP contribution is -2.30. The van der Waals surface area contributed by atoms with E-state index < -0.39 is 0 Å². The standard InChI is InChI=1S/C15H17N3S2/c19-15(18-14-6-8-16-9-7-14)17-10-11-20-12-13-4-2-1-3-5-13/h1-9H,10-12H2,(H2,16,17,18,19). The summed E-state index contributed by atoms with van der Waals surface area (Å²) in [4.78, 5) is 3.96. The van der Waals surface area contributed by atoms with Crippen molar-refractivity contribution in [2.45, 2.75) is 5.75 Å². The van der Waals surface area contributed by atoms with Crippen LogP contribution in [-0.4, -0.2) is 22.4 Å². The summed E-state index contributed by atoms with van der Waals surface area (Å²) in [5.74, 6) is 2.06. The fourth-order valence-corrected chi connectivity index (χ4v) is 2.65. The van der Waals surface area contributed by atoms with E-state index in [-0.39, 0.29) is 0 Å². The van der Waals surface area contributed by atoms with Crippen LogP contribution in [0.15, 0.2) is 54.9 Å². The van der Waals surface area contributed by atoms with Gasteiger partial charge in [0.1, 0.15) is 0 Å². The van der Waals surface area contributed by atoms with Gasteiger partial charge < -0.3 is 10.6 Å². The Balaban J connectivity index is 1.58. The van der Waals surface area contributed by atoms with E-state index in [0.29, 0.717) is 5.11 Å². The molecule has 0 aliphatic rings. The van der Waals surface area contributed by atoms with Crippen LogP contribution in [0.5, 0.6) is 0 Å². The lowest BCUT2D eigenvalue weighted by Gasteiger charge is -2.10. The summed E-state index contributed by atoms with van der Waals surface area (Å²) in [6.45, 7) is 0.856. The molecule has 1 heterocycles. The predicted molar refractivity (Wildman–Crippen MR) is 91.1 cm³/mol. The van der Waals surface area contributed by atoms with Gasteiger partial charge in [-0.15, -0.1) is 0 Å². The lowest BCUT2D eigenvalue weighted by molar-refractivity contribution is 0.989. The summed E-state index contributed by atoms with van der Waals surface area (Å²) in [6, 6.07) is 14.3. The van der Waals surface area contributed by atoms with Crippen LogP contribution in [0, 0.1) is 0 Å². The highest BCUT2D eigenvalue weighted by atomic mass is 32.2. The van der Waals surface area contributed by atoms with Crippen molar-refractivity contribution in [2.75, 3.05) is 17.6 Å². The van der Waals surface area contributed by atoms with Crippen LogP contribution < -0.4 is 10.6 Å². The van der Waals surface area contributed by atoms with Crippen LogP contribution in [0.1, 0.15) is 5.56 Å². The van der Waals surface area contributed by atoms with E-state index >= 15 is 0 Å². The number of thiocarbonyl (C=S) groups is 1. The number of hydrogen-bond acceptors (Lipinski definition) is 3. The van der Waals surface area contributed by atoms with Gasteiger partial charge in [0.05, 0.1) is 0 Å². The van der Waals surface area contributed by atoms with E-state index in [1.807, 2.05) is 30.0 Å². The Morgan fingerprint density at radius 2 is 1.85 bits per heavy atom. The smallest absolute Gasteiger partial charge is 0.170 e. The van der Waals surface area contributed by atoms with Gasteiger partial charge in [-0.25, -0.2) is 0 Å². The second kappa shape index (κ2) is 8.55. The molecule has 3 nitrogen and oxygen atoms in total. The zero-order valence-electron chi connectivity index (χ0n) is 11.1. The second-order valence-corrected chi connectivity index (χ2v) is 5.67. The summed E-state index contributed by atoms with van der Waals surface area (Å²) >= 11 is 7.12. The first-order valence-corrected chi connectivity index (χ1v) is 7.97. The highest BCUT2D eigenvalue weighted by molar-refractivity contribution is 7.98. The van der Waals surface area contributed by atoms with Crippen molar-refractivity contribution in [3.05, 3.63) is 60.4 Å². The first kappa shape index (κ1) is 14.8. The Kier molecular flexibility index (Phi) is 6.34. The third kappa shape index (κ3) is 5.59. The van der Waals surface area contributed by atoms with Crippen LogP contribution in [0.4, 0.5) is 5.69 Å². The van der Waals surface area contributed by atoms with Gasteiger partial charge in [0.2, 0.25) is 0 Å². The molecule has 2 N–H and O–H groups in total. The van der Waals surface area contributed by atoms with Crippen LogP contribution >= 0.6 is 24.0 Å². The van der Waals surface area contributed by atoms with Crippen molar-refractivity contribution in [1.29, 1.82) is 0 Å². The average molecular weight is 303 g/mol. The van der Waals surface area contributed by atoms with Gasteiger partial charge in [-0.2, -0.15) is 11.8 Å². The maximum atomic E-state index is 5.23. The average Bonchev–Trinajstić information content (AvgIpc) is 2.49. The monoisotopic (exact) mass is 303 g/mol. The molecule has 0 bridgehead atoms. The lowest BCUT2D eigenvalue weighted by atomic mass is 10.2. The minimum atomic E-state index is 0.650. The molecule has 0 atom stereocenters. The summed E-state index contributed by atoms with van der Waals surface area (Å²) in [5.41, 5.74) is 2.31. The van der Waals surface area contributed by atoms with Gasteiger partial charge in [0, 0.05) is 36.1 Å². The van der Waals surface area contributed by atoms with Gasteiger partial charge in [-0.1, -0.05) is 30.3 Å². The molecule has 1 aromatic carbocycles. The highest BCUT2D eigenvalue weighted by Gasteiger charge is 1.97. The maximum absolute atomic E-state index is 5.23. The van der Waals surface area contributed by atoms with Gasteiger partial charge in [0.15, 0.2) is 5.11 Å². The van der Waals surface area contributed by atoms with Crippen molar-refractivity contribution >= 4 is 34.8 Å². The van der Waals surface area contributed by atoms with E-state index in [9.17, 15) is 0 Å². The number of rotatable bonds is 6. The van der Waals surface area contributed by atoms with Gasteiger partial charge >= 0.3 is 0 Å². The predicted octanol–water partition coefficient (Wildman–Crippen LogP) is 3.30. The molecule has 0 radical (unpaired) electrons. The first-order valence-electron chi connectivity index (χ1n) is 6.41. The van der Waals surface area contributed by atoms with E-state index in [1.165, 1.54) is 5.56 Å². The number of thioether (sulfide) groups is 1. The van der Waals surface area contributed by atoms with Gasteiger partial charge in [-0.05, 0) is 29.9 Å². The van der Waals surface area contributed by atoms with E-state index in [4.69, 9.17) is 12.2 Å². The number of anilines is 1. The zero-order chi connectivity index (χ0) is 14.0. The molecule has 0 spiro atoms. The van der Waals surface area contributed by atoms with Crippen molar-refractivity contribution in [3.8, 4) is 0 Å². The largest absolute Gasteiger partial charge is 0.362 e. The molecular weight excluding hydrogens is 286 g/mol. The fraction of sp³-hybridized carbons (Fsp3) is 0.200. The molecule has 0 aliphatic heterocycles. The molecule has 1 aromatic heterocycles. The Morgan fingerprint density at radius 3 is 2.60 bits per heavy atom. The van der Waals surface area contributed by atoms with Crippen molar-refractivity contribution < 1.29 is 0 Å². The molecule has 2 aromatic rings. The van der Waals surface area contributed by atoms with E-state index in [0.717, 1.165) is 23.7 Å². The van der Waals surface area contributed by atoms with E-state index in [1.54, 1.807) is 12.4 Å². The van der Waals surface area contributed by atoms with Crippen LogP contribution in [0.25, 0.3) is 0 Å². The molecular formula is C15H17N3S2. The quantitative estimate of drug-likeness (QED) is 0.632. The molecule has 104 valence electrons. The second-order valence-electron chi connectivity index (χ2n) is 4.15. The van der Waals surface area contributed by atoms with Gasteiger partial charge in [-0.3, -0.25) is 4.98 Å². The van der Waals surface area contributed by atoms with E-state index in [2.05, 4.69) is 39.9 Å². The molecule has 0 unspecified atom stereocenters. The number of pyridine rings is 1. The molecule has 0 aliphatic carbocycles. The van der Waals surface area contributed by atoms with Gasteiger partial charge in [0.25, 0.3) is 0 Å². The Labute approximate surface area is 129 Å². The minimum absolute atomic E-state index is 0.650. The van der Waals surface area contributed by atoms with Crippen LogP contribution in [-0.2, 0) is 5.75 Å². The summed E-state index contributed by atoms with van der Waals surface area (Å²) in [7, 11) is 0. The maximum Gasteiger partial charge on any atom is 0.170 e. The normalized spacial score (nSPS) is 10.0.